The van der Waals surface area contributed by atoms with Crippen LogP contribution in [0.2, 0.25) is 0 Å². The van der Waals surface area contributed by atoms with Crippen LogP contribution in [-0.4, -0.2) is 84.4 Å². The van der Waals surface area contributed by atoms with Gasteiger partial charge in [-0.3, -0.25) is 4.90 Å². The van der Waals surface area contributed by atoms with E-state index in [-0.39, 0.29) is 24.1 Å². The van der Waals surface area contributed by atoms with Crippen LogP contribution in [0.25, 0.3) is 31.8 Å². The second-order valence-corrected chi connectivity index (χ2v) is 11.2. The molecule has 0 aliphatic heterocycles. The number of anilines is 1. The van der Waals surface area contributed by atoms with Crippen LogP contribution in [0.1, 0.15) is 26.3 Å². The van der Waals surface area contributed by atoms with Gasteiger partial charge in [-0.25, -0.2) is 34.1 Å². The number of hydrogen-bond acceptors (Lipinski definition) is 12. The third-order valence-corrected chi connectivity index (χ3v) is 7.90. The van der Waals surface area contributed by atoms with Crippen LogP contribution >= 0.6 is 11.3 Å². The van der Waals surface area contributed by atoms with Crippen molar-refractivity contribution in [3.8, 4) is 28.2 Å². The first kappa shape index (κ1) is 31.7. The maximum atomic E-state index is 15.3. The number of benzene rings is 2. The lowest BCUT2D eigenvalue weighted by Gasteiger charge is -2.30. The molecular formula is C30H31FN6O7S. The Balaban J connectivity index is 1.38. The van der Waals surface area contributed by atoms with Gasteiger partial charge in [0, 0.05) is 17.7 Å². The zero-order valence-corrected chi connectivity index (χ0v) is 25.7. The monoisotopic (exact) mass is 638 g/mol. The van der Waals surface area contributed by atoms with Crippen LogP contribution in [0.5, 0.6) is 17.6 Å². The molecule has 13 nitrogen and oxygen atoms in total. The summed E-state index contributed by atoms with van der Waals surface area (Å²) in [4.78, 5) is 34.9. The minimum absolute atomic E-state index is 0.0555. The molecular weight excluding hydrogens is 607 g/mol. The predicted octanol–water partition coefficient (Wildman–Crippen LogP) is 4.62. The minimum Gasteiger partial charge on any atom is -0.485 e. The molecule has 0 aliphatic carbocycles. The van der Waals surface area contributed by atoms with Gasteiger partial charge in [0.25, 0.3) is 0 Å². The van der Waals surface area contributed by atoms with Crippen LogP contribution in [0.3, 0.4) is 0 Å². The summed E-state index contributed by atoms with van der Waals surface area (Å²) in [7, 11) is 0. The number of fused-ring (bicyclic) bond motifs is 2. The van der Waals surface area contributed by atoms with Gasteiger partial charge in [0.2, 0.25) is 5.88 Å². The first-order valence-corrected chi connectivity index (χ1v) is 14.8. The second kappa shape index (κ2) is 13.5. The Morgan fingerprint density at radius 3 is 2.49 bits per heavy atom. The Morgan fingerprint density at radius 2 is 1.80 bits per heavy atom. The Bertz CT molecular complexity index is 1820. The number of aromatic nitrogens is 5. The lowest BCUT2D eigenvalue weighted by molar-refractivity contribution is 0.0504. The summed E-state index contributed by atoms with van der Waals surface area (Å²) in [6.07, 6.45) is 0.846. The molecule has 2 aromatic carbocycles. The van der Waals surface area contributed by atoms with E-state index in [1.165, 1.54) is 29.8 Å². The highest BCUT2D eigenvalue weighted by Gasteiger charge is 2.29. The van der Waals surface area contributed by atoms with Gasteiger partial charge in [-0.2, -0.15) is 0 Å². The van der Waals surface area contributed by atoms with Crippen LogP contribution in [-0.2, 0) is 0 Å². The summed E-state index contributed by atoms with van der Waals surface area (Å²) in [5, 5.41) is 28.9. The summed E-state index contributed by atoms with van der Waals surface area (Å²) in [6, 6.07) is 5.80. The average molecular weight is 639 g/mol. The molecule has 236 valence electrons. The molecule has 1 amide bonds. The van der Waals surface area contributed by atoms with Crippen molar-refractivity contribution < 1.29 is 38.7 Å². The molecule has 5 rings (SSSR count). The fourth-order valence-electron chi connectivity index (χ4n) is 4.52. The molecule has 0 fully saturated rings. The van der Waals surface area contributed by atoms with E-state index in [1.807, 2.05) is 26.0 Å². The van der Waals surface area contributed by atoms with Crippen molar-refractivity contribution in [2.24, 2.45) is 0 Å². The third kappa shape index (κ3) is 7.00. The van der Waals surface area contributed by atoms with E-state index in [0.29, 0.717) is 38.7 Å². The number of aliphatic hydroxyl groups is 2. The number of thiazole rings is 1. The number of halogens is 1. The highest BCUT2D eigenvalue weighted by molar-refractivity contribution is 7.21. The number of nitrogens with zero attached hydrogens (tertiary/aromatic N) is 6. The normalized spacial score (nSPS) is 13.4. The zero-order valence-electron chi connectivity index (χ0n) is 24.8. The molecule has 3 N–H and O–H groups in total. The summed E-state index contributed by atoms with van der Waals surface area (Å²) in [5.41, 5.74) is 3.57. The van der Waals surface area contributed by atoms with E-state index >= 15 is 4.39 Å². The van der Waals surface area contributed by atoms with Gasteiger partial charge in [-0.15, -0.1) is 11.3 Å². The molecule has 0 saturated heterocycles. The quantitative estimate of drug-likeness (QED) is 0.173. The average Bonchev–Trinajstić information content (AvgIpc) is 3.42. The standard InChI is InChI=1S/C30H31FN6O7S/c1-5-42-26-12-32-27-20(6-15(2)7-23(27)35-26)28-36-22-8-21(31)24(9-25(22)45-28)44-17(4)16(3)37(30(40)41)18-10-33-29(34-11-18)43-14-19(39)13-38/h6-12,16-17,19,38-39H,5,13-14H2,1-4H3,(H,40,41)/t16-,17+,19+/m1/s1. The van der Waals surface area contributed by atoms with Crippen molar-refractivity contribution in [1.29, 1.82) is 0 Å². The van der Waals surface area contributed by atoms with E-state index in [9.17, 15) is 15.0 Å². The van der Waals surface area contributed by atoms with Gasteiger partial charge in [-0.05, 0) is 45.4 Å². The number of amides is 1. The van der Waals surface area contributed by atoms with Crippen molar-refractivity contribution >= 4 is 44.4 Å². The first-order valence-electron chi connectivity index (χ1n) is 14.0. The van der Waals surface area contributed by atoms with Crippen LogP contribution < -0.4 is 19.1 Å². The van der Waals surface area contributed by atoms with Crippen LogP contribution in [0.4, 0.5) is 14.9 Å². The van der Waals surface area contributed by atoms with Crippen molar-refractivity contribution in [3.63, 3.8) is 0 Å². The van der Waals surface area contributed by atoms with Crippen molar-refractivity contribution in [3.05, 3.63) is 54.2 Å². The zero-order chi connectivity index (χ0) is 32.2. The number of hydrogen-bond donors (Lipinski definition) is 3. The van der Waals surface area contributed by atoms with E-state index in [4.69, 9.17) is 19.3 Å². The molecule has 45 heavy (non-hydrogen) atoms. The molecule has 0 unspecified atom stereocenters. The topological polar surface area (TPSA) is 173 Å². The molecule has 0 saturated carbocycles. The predicted molar refractivity (Wildman–Crippen MR) is 165 cm³/mol. The summed E-state index contributed by atoms with van der Waals surface area (Å²) in [6.45, 7) is 6.80. The molecule has 0 aliphatic rings. The number of ether oxygens (including phenoxy) is 3. The lowest BCUT2D eigenvalue weighted by Crippen LogP contribution is -2.46. The van der Waals surface area contributed by atoms with Gasteiger partial charge in [0.15, 0.2) is 11.6 Å². The SMILES string of the molecule is CCOc1cnc2c(-c3nc4cc(F)c(O[C@@H](C)[C@@H](C)N(C(=O)O)c5cnc(OC[C@@H](O)CO)nc5)cc4s3)cc(C)cc2n1. The molecule has 0 bridgehead atoms. The van der Waals surface area contributed by atoms with Gasteiger partial charge in [0.05, 0.1) is 64.8 Å². The van der Waals surface area contributed by atoms with Gasteiger partial charge >= 0.3 is 12.1 Å². The second-order valence-electron chi connectivity index (χ2n) is 10.2. The highest BCUT2D eigenvalue weighted by atomic mass is 32.1. The number of aryl methyl sites for hydroxylation is 1. The summed E-state index contributed by atoms with van der Waals surface area (Å²) >= 11 is 1.34. The van der Waals surface area contributed by atoms with Crippen molar-refractivity contribution in [1.82, 2.24) is 24.9 Å². The number of carbonyl (C=O) groups is 1. The van der Waals surface area contributed by atoms with E-state index in [0.717, 1.165) is 16.0 Å². The fourth-order valence-corrected chi connectivity index (χ4v) is 5.52. The molecule has 5 aromatic rings. The Kier molecular flexibility index (Phi) is 9.51. The molecule has 3 atom stereocenters. The largest absolute Gasteiger partial charge is 0.485 e. The molecule has 15 heteroatoms. The maximum Gasteiger partial charge on any atom is 0.412 e. The van der Waals surface area contributed by atoms with Gasteiger partial charge < -0.3 is 29.5 Å². The molecule has 3 heterocycles. The number of rotatable bonds is 12. The molecule has 0 spiro atoms. The van der Waals surface area contributed by atoms with Crippen LogP contribution in [0, 0.1) is 12.7 Å². The van der Waals surface area contributed by atoms with E-state index < -0.39 is 36.8 Å². The van der Waals surface area contributed by atoms with E-state index in [1.54, 1.807) is 26.1 Å². The van der Waals surface area contributed by atoms with Gasteiger partial charge in [0.1, 0.15) is 23.8 Å². The fraction of sp³-hybridized carbons (Fsp3) is 0.333. The van der Waals surface area contributed by atoms with Gasteiger partial charge in [-0.1, -0.05) is 0 Å². The summed E-state index contributed by atoms with van der Waals surface area (Å²) in [5.74, 6) is -0.279. The van der Waals surface area contributed by atoms with Crippen LogP contribution in [0.15, 0.2) is 42.9 Å². The Hall–Kier alpha value is -4.73. The number of aliphatic hydroxyl groups excluding tert-OH is 2. The maximum absolute atomic E-state index is 15.3. The Morgan fingerprint density at radius 1 is 1.04 bits per heavy atom. The van der Waals surface area contributed by atoms with Crippen molar-refractivity contribution in [2.75, 3.05) is 24.7 Å². The van der Waals surface area contributed by atoms with Crippen molar-refractivity contribution in [2.45, 2.75) is 45.9 Å². The molecule has 0 radical (unpaired) electrons. The summed E-state index contributed by atoms with van der Waals surface area (Å²) < 4.78 is 32.6. The minimum atomic E-state index is -1.30. The number of carboxylic acid groups (broad SMARTS) is 1. The lowest BCUT2D eigenvalue weighted by atomic mass is 10.1. The van der Waals surface area contributed by atoms with E-state index in [2.05, 4.69) is 24.9 Å². The Labute approximate surface area is 260 Å². The highest BCUT2D eigenvalue weighted by Crippen LogP contribution is 2.37. The smallest absolute Gasteiger partial charge is 0.412 e. The third-order valence-electron chi connectivity index (χ3n) is 6.85. The first-order chi connectivity index (χ1) is 21.6. The molecule has 3 aromatic heterocycles.